The molecule has 5 rings (SSSR count). The van der Waals surface area contributed by atoms with Crippen LogP contribution in [0.3, 0.4) is 0 Å². The Morgan fingerprint density at radius 2 is 2.07 bits per heavy atom. The summed E-state index contributed by atoms with van der Waals surface area (Å²) in [7, 11) is 1.85. The highest BCUT2D eigenvalue weighted by molar-refractivity contribution is 5.97. The van der Waals surface area contributed by atoms with E-state index in [0.29, 0.717) is 5.56 Å². The number of amides is 1. The molecule has 0 atom stereocenters. The van der Waals surface area contributed by atoms with Crippen molar-refractivity contribution in [3.8, 4) is 0 Å². The molecule has 4 aromatic rings. The van der Waals surface area contributed by atoms with Crippen LogP contribution in [0.2, 0.25) is 0 Å². The number of aromatic amines is 1. The number of anilines is 1. The molecular weight excluding hydrogens is 344 g/mol. The van der Waals surface area contributed by atoms with E-state index in [9.17, 15) is 4.79 Å². The predicted molar refractivity (Wildman–Crippen MR) is 99.7 cm³/mol. The smallest absolute Gasteiger partial charge is 0.254 e. The van der Waals surface area contributed by atoms with Crippen LogP contribution in [-0.4, -0.2) is 66.8 Å². The Balaban J connectivity index is 1.30. The molecule has 27 heavy (non-hydrogen) atoms. The summed E-state index contributed by atoms with van der Waals surface area (Å²) in [6, 6.07) is 9.53. The van der Waals surface area contributed by atoms with E-state index in [1.54, 1.807) is 15.7 Å². The average molecular weight is 362 g/mol. The third-order valence-electron chi connectivity index (χ3n) is 5.13. The number of likely N-dealkylation sites (N-methyl/N-ethyl adjacent to an activating group) is 1. The first-order chi connectivity index (χ1) is 13.1. The molecule has 9 heteroatoms. The zero-order valence-electron chi connectivity index (χ0n) is 15.0. The topological polar surface area (TPSA) is 95.3 Å². The van der Waals surface area contributed by atoms with Gasteiger partial charge in [-0.05, 0) is 37.3 Å². The summed E-state index contributed by atoms with van der Waals surface area (Å²) < 4.78 is 1.73. The summed E-state index contributed by atoms with van der Waals surface area (Å²) in [5, 5.41) is 12.7. The highest BCUT2D eigenvalue weighted by Crippen LogP contribution is 2.23. The minimum absolute atomic E-state index is 0.00853. The lowest BCUT2D eigenvalue weighted by Crippen LogP contribution is -2.60. The Morgan fingerprint density at radius 3 is 2.93 bits per heavy atom. The van der Waals surface area contributed by atoms with Crippen LogP contribution in [0.25, 0.3) is 16.7 Å². The summed E-state index contributed by atoms with van der Waals surface area (Å²) in [5.41, 5.74) is 3.11. The summed E-state index contributed by atoms with van der Waals surface area (Å²) in [6.45, 7) is 3.36. The molecule has 3 aromatic heterocycles. The highest BCUT2D eigenvalue weighted by Gasteiger charge is 2.34. The van der Waals surface area contributed by atoms with Gasteiger partial charge < -0.3 is 14.8 Å². The standard InChI is InChI=1S/C18H18N8O/c1-11-21-22-16-5-6-17(23-26(11)16)25-8-13(9-25)24(2)18(27)12-3-4-14-15(7-12)20-10-19-14/h3-7,10,13H,8-9H2,1-2H3,(H,19,20). The first kappa shape index (κ1) is 15.7. The third-order valence-corrected chi connectivity index (χ3v) is 5.13. The van der Waals surface area contributed by atoms with Gasteiger partial charge in [-0.2, -0.15) is 4.52 Å². The Labute approximate surface area is 154 Å². The summed E-state index contributed by atoms with van der Waals surface area (Å²) in [5.74, 6) is 1.63. The maximum atomic E-state index is 12.8. The molecule has 0 saturated carbocycles. The van der Waals surface area contributed by atoms with Gasteiger partial charge in [0.2, 0.25) is 0 Å². The monoisotopic (exact) mass is 362 g/mol. The van der Waals surface area contributed by atoms with Gasteiger partial charge in [0.1, 0.15) is 5.82 Å². The van der Waals surface area contributed by atoms with Gasteiger partial charge in [0.25, 0.3) is 5.91 Å². The minimum atomic E-state index is 0.00853. The lowest BCUT2D eigenvalue weighted by Gasteiger charge is -2.44. The lowest BCUT2D eigenvalue weighted by atomic mass is 10.1. The molecule has 1 aromatic carbocycles. The minimum Gasteiger partial charge on any atom is -0.351 e. The van der Waals surface area contributed by atoms with E-state index < -0.39 is 0 Å². The van der Waals surface area contributed by atoms with Gasteiger partial charge in [0.15, 0.2) is 11.5 Å². The first-order valence-corrected chi connectivity index (χ1v) is 8.74. The zero-order chi connectivity index (χ0) is 18.5. The molecule has 1 N–H and O–H groups in total. The quantitative estimate of drug-likeness (QED) is 0.590. The summed E-state index contributed by atoms with van der Waals surface area (Å²) in [6.07, 6.45) is 1.63. The number of benzene rings is 1. The van der Waals surface area contributed by atoms with Gasteiger partial charge in [-0.1, -0.05) is 0 Å². The van der Waals surface area contributed by atoms with Gasteiger partial charge in [0, 0.05) is 25.7 Å². The van der Waals surface area contributed by atoms with E-state index in [1.807, 2.05) is 44.3 Å². The molecule has 1 aliphatic rings. The van der Waals surface area contributed by atoms with E-state index in [4.69, 9.17) is 0 Å². The second-order valence-corrected chi connectivity index (χ2v) is 6.82. The largest absolute Gasteiger partial charge is 0.351 e. The van der Waals surface area contributed by atoms with E-state index in [2.05, 4.69) is 30.2 Å². The Morgan fingerprint density at radius 1 is 1.22 bits per heavy atom. The molecule has 0 bridgehead atoms. The molecular formula is C18H18N8O. The fourth-order valence-corrected chi connectivity index (χ4v) is 3.38. The molecule has 136 valence electrons. The maximum absolute atomic E-state index is 12.8. The van der Waals surface area contributed by atoms with E-state index in [0.717, 1.165) is 41.4 Å². The molecule has 9 nitrogen and oxygen atoms in total. The number of aromatic nitrogens is 6. The average Bonchev–Trinajstić information content (AvgIpc) is 3.26. The second kappa shape index (κ2) is 5.76. The molecule has 1 saturated heterocycles. The molecule has 0 unspecified atom stereocenters. The van der Waals surface area contributed by atoms with Crippen molar-refractivity contribution in [2.45, 2.75) is 13.0 Å². The van der Waals surface area contributed by atoms with E-state index in [1.165, 1.54) is 0 Å². The van der Waals surface area contributed by atoms with Crippen LogP contribution in [0.5, 0.6) is 0 Å². The van der Waals surface area contributed by atoms with Crippen LogP contribution in [0, 0.1) is 6.92 Å². The fraction of sp³-hybridized carbons (Fsp3) is 0.278. The summed E-state index contributed by atoms with van der Waals surface area (Å²) in [4.78, 5) is 24.0. The predicted octanol–water partition coefficient (Wildman–Crippen LogP) is 1.27. The number of hydrogen-bond acceptors (Lipinski definition) is 6. The number of H-pyrrole nitrogens is 1. The number of nitrogens with zero attached hydrogens (tertiary/aromatic N) is 7. The van der Waals surface area contributed by atoms with Gasteiger partial charge in [-0.25, -0.2) is 4.98 Å². The third kappa shape index (κ3) is 2.50. The highest BCUT2D eigenvalue weighted by atomic mass is 16.2. The van der Waals surface area contributed by atoms with Crippen LogP contribution >= 0.6 is 0 Å². The van der Waals surface area contributed by atoms with E-state index in [-0.39, 0.29) is 11.9 Å². The zero-order valence-corrected chi connectivity index (χ0v) is 15.0. The van der Waals surface area contributed by atoms with Crippen LogP contribution in [0.4, 0.5) is 5.82 Å². The van der Waals surface area contributed by atoms with E-state index >= 15 is 0 Å². The Bertz CT molecular complexity index is 1160. The number of carbonyl (C=O) groups excluding carboxylic acids is 1. The SMILES string of the molecule is Cc1nnc2ccc(N3CC(N(C)C(=O)c4ccc5nc[nH]c5c4)C3)nn12. The van der Waals surface area contributed by atoms with Gasteiger partial charge in [-0.15, -0.1) is 15.3 Å². The van der Waals surface area contributed by atoms with Crippen LogP contribution in [0.15, 0.2) is 36.7 Å². The van der Waals surface area contributed by atoms with Crippen molar-refractivity contribution in [3.05, 3.63) is 48.0 Å². The van der Waals surface area contributed by atoms with Crippen molar-refractivity contribution >= 4 is 28.4 Å². The molecule has 1 aliphatic heterocycles. The summed E-state index contributed by atoms with van der Waals surface area (Å²) >= 11 is 0. The molecule has 0 spiro atoms. The van der Waals surface area contributed by atoms with Crippen molar-refractivity contribution in [1.82, 2.24) is 34.7 Å². The van der Waals surface area contributed by atoms with Crippen molar-refractivity contribution in [3.63, 3.8) is 0 Å². The lowest BCUT2D eigenvalue weighted by molar-refractivity contribution is 0.0705. The van der Waals surface area contributed by atoms with Crippen molar-refractivity contribution in [1.29, 1.82) is 0 Å². The number of carbonyl (C=O) groups is 1. The fourth-order valence-electron chi connectivity index (χ4n) is 3.38. The second-order valence-electron chi connectivity index (χ2n) is 6.82. The molecule has 0 radical (unpaired) electrons. The number of hydrogen-bond donors (Lipinski definition) is 1. The van der Waals surface area contributed by atoms with Gasteiger partial charge in [-0.3, -0.25) is 4.79 Å². The number of fused-ring (bicyclic) bond motifs is 2. The molecule has 1 amide bonds. The Kier molecular flexibility index (Phi) is 3.36. The first-order valence-electron chi connectivity index (χ1n) is 8.74. The molecule has 1 fully saturated rings. The number of nitrogens with one attached hydrogen (secondary N) is 1. The molecule has 0 aliphatic carbocycles. The number of rotatable bonds is 3. The van der Waals surface area contributed by atoms with Crippen molar-refractivity contribution in [2.24, 2.45) is 0 Å². The van der Waals surface area contributed by atoms with Crippen molar-refractivity contribution < 1.29 is 4.79 Å². The van der Waals surface area contributed by atoms with Crippen LogP contribution < -0.4 is 4.90 Å². The normalized spacial score (nSPS) is 14.7. The van der Waals surface area contributed by atoms with Crippen LogP contribution in [0.1, 0.15) is 16.2 Å². The molecule has 4 heterocycles. The van der Waals surface area contributed by atoms with Crippen molar-refractivity contribution in [2.75, 3.05) is 25.0 Å². The Hall–Kier alpha value is -3.49. The van der Waals surface area contributed by atoms with Crippen LogP contribution in [-0.2, 0) is 0 Å². The van der Waals surface area contributed by atoms with Gasteiger partial charge in [0.05, 0.1) is 23.4 Å². The van der Waals surface area contributed by atoms with Gasteiger partial charge >= 0.3 is 0 Å². The number of imidazole rings is 1. The maximum Gasteiger partial charge on any atom is 0.254 e. The number of aryl methyl sites for hydroxylation is 1.